The summed E-state index contributed by atoms with van der Waals surface area (Å²) < 4.78 is 34.7. The van der Waals surface area contributed by atoms with Crippen molar-refractivity contribution < 1.29 is 17.6 Å². The quantitative estimate of drug-likeness (QED) is 0.288. The molecule has 4 aromatic rings. The van der Waals surface area contributed by atoms with Gasteiger partial charge in [-0.25, -0.2) is 8.42 Å². The maximum Gasteiger partial charge on any atom is 0.272 e. The number of anilines is 1. The molecular formula is C28H26ClNO4S. The standard InChI is InChI=1S/C28H26ClNO4S/c1-18(2)19-9-14-23(15-10-19)35(32,33)30(28(31)20-7-11-21(29)12-8-20)22-13-16-27-25(17-22)24-5-3-4-6-26(24)34-27/h7-18H,3-6H2,1-2H3. The van der Waals surface area contributed by atoms with Crippen LogP contribution in [0.25, 0.3) is 11.0 Å². The Labute approximate surface area is 210 Å². The van der Waals surface area contributed by atoms with E-state index in [2.05, 4.69) is 0 Å². The number of sulfonamides is 1. The largest absolute Gasteiger partial charge is 0.461 e. The van der Waals surface area contributed by atoms with Crippen LogP contribution in [0.1, 0.15) is 59.9 Å². The van der Waals surface area contributed by atoms with Crippen molar-refractivity contribution >= 4 is 44.2 Å². The maximum absolute atomic E-state index is 13.9. The Kier molecular flexibility index (Phi) is 6.20. The van der Waals surface area contributed by atoms with Crippen molar-refractivity contribution in [2.75, 3.05) is 4.31 Å². The Morgan fingerprint density at radius 2 is 1.63 bits per heavy atom. The molecule has 0 bridgehead atoms. The summed E-state index contributed by atoms with van der Waals surface area (Å²) in [5.74, 6) is 0.561. The molecule has 0 N–H and O–H groups in total. The number of carbonyl (C=O) groups excluding carboxylic acids is 1. The van der Waals surface area contributed by atoms with Gasteiger partial charge in [-0.05, 0) is 85.3 Å². The molecule has 0 saturated carbocycles. The van der Waals surface area contributed by atoms with Crippen LogP contribution in [0.15, 0.2) is 76.0 Å². The van der Waals surface area contributed by atoms with Gasteiger partial charge in [-0.3, -0.25) is 4.79 Å². The highest BCUT2D eigenvalue weighted by Crippen LogP contribution is 2.36. The van der Waals surface area contributed by atoms with Crippen LogP contribution in [-0.2, 0) is 22.9 Å². The summed E-state index contributed by atoms with van der Waals surface area (Å²) in [4.78, 5) is 13.7. The fourth-order valence-electron chi connectivity index (χ4n) is 4.58. The summed E-state index contributed by atoms with van der Waals surface area (Å²) in [5.41, 5.74) is 3.33. The summed E-state index contributed by atoms with van der Waals surface area (Å²) in [6.07, 6.45) is 3.87. The fourth-order valence-corrected chi connectivity index (χ4v) is 6.11. The summed E-state index contributed by atoms with van der Waals surface area (Å²) in [6, 6.07) is 18.1. The zero-order chi connectivity index (χ0) is 24.7. The molecule has 1 amide bonds. The summed E-state index contributed by atoms with van der Waals surface area (Å²) in [7, 11) is -4.21. The number of rotatable bonds is 5. The molecule has 0 aliphatic heterocycles. The van der Waals surface area contributed by atoms with Crippen molar-refractivity contribution in [3.63, 3.8) is 0 Å². The first kappa shape index (κ1) is 23.6. The molecule has 5 nitrogen and oxygen atoms in total. The smallest absolute Gasteiger partial charge is 0.272 e. The third kappa shape index (κ3) is 4.37. The number of aryl methyl sites for hydroxylation is 2. The molecule has 3 aromatic carbocycles. The van der Waals surface area contributed by atoms with E-state index < -0.39 is 15.9 Å². The van der Waals surface area contributed by atoms with Gasteiger partial charge in [0.15, 0.2) is 0 Å². The van der Waals surface area contributed by atoms with Crippen LogP contribution in [0.3, 0.4) is 0 Å². The number of hydrogen-bond acceptors (Lipinski definition) is 4. The first-order chi connectivity index (χ1) is 16.8. The molecular weight excluding hydrogens is 482 g/mol. The molecule has 180 valence electrons. The van der Waals surface area contributed by atoms with Crippen molar-refractivity contribution in [1.29, 1.82) is 0 Å². The molecule has 1 aliphatic rings. The number of fused-ring (bicyclic) bond motifs is 3. The van der Waals surface area contributed by atoms with E-state index in [0.29, 0.717) is 10.6 Å². The minimum atomic E-state index is -4.21. The second kappa shape index (κ2) is 9.17. The minimum absolute atomic E-state index is 0.0542. The van der Waals surface area contributed by atoms with E-state index in [1.54, 1.807) is 54.6 Å². The van der Waals surface area contributed by atoms with Crippen LogP contribution in [0.5, 0.6) is 0 Å². The van der Waals surface area contributed by atoms with Gasteiger partial charge in [-0.1, -0.05) is 37.6 Å². The average Bonchev–Trinajstić information content (AvgIpc) is 3.22. The number of benzene rings is 3. The molecule has 0 spiro atoms. The molecule has 7 heteroatoms. The molecule has 0 radical (unpaired) electrons. The van der Waals surface area contributed by atoms with Crippen LogP contribution in [0.2, 0.25) is 5.02 Å². The number of nitrogens with zero attached hydrogens (tertiary/aromatic N) is 1. The average molecular weight is 508 g/mol. The van der Waals surface area contributed by atoms with Gasteiger partial charge in [0.25, 0.3) is 15.9 Å². The lowest BCUT2D eigenvalue weighted by molar-refractivity contribution is 0.101. The number of carbonyl (C=O) groups is 1. The van der Waals surface area contributed by atoms with Gasteiger partial charge < -0.3 is 4.42 Å². The van der Waals surface area contributed by atoms with Crippen molar-refractivity contribution in [2.45, 2.75) is 50.3 Å². The van der Waals surface area contributed by atoms with Crippen LogP contribution in [-0.4, -0.2) is 14.3 Å². The van der Waals surface area contributed by atoms with E-state index in [-0.39, 0.29) is 22.1 Å². The Morgan fingerprint density at radius 1 is 0.943 bits per heavy atom. The molecule has 5 rings (SSSR count). The van der Waals surface area contributed by atoms with Gasteiger partial charge in [0.05, 0.1) is 10.6 Å². The Morgan fingerprint density at radius 3 is 2.31 bits per heavy atom. The van der Waals surface area contributed by atoms with Crippen molar-refractivity contribution in [1.82, 2.24) is 0 Å². The van der Waals surface area contributed by atoms with Crippen LogP contribution in [0, 0.1) is 0 Å². The maximum atomic E-state index is 13.9. The number of hydrogen-bond donors (Lipinski definition) is 0. The Hall–Kier alpha value is -3.09. The van der Waals surface area contributed by atoms with Crippen LogP contribution < -0.4 is 4.31 Å². The number of halogens is 1. The molecule has 1 heterocycles. The van der Waals surface area contributed by atoms with Crippen molar-refractivity contribution in [2.24, 2.45) is 0 Å². The zero-order valence-electron chi connectivity index (χ0n) is 19.6. The highest BCUT2D eigenvalue weighted by atomic mass is 35.5. The molecule has 35 heavy (non-hydrogen) atoms. The second-order valence-corrected chi connectivity index (χ2v) is 11.4. The van der Waals surface area contributed by atoms with E-state index in [1.165, 1.54) is 12.1 Å². The fraction of sp³-hybridized carbons (Fsp3) is 0.250. The first-order valence-electron chi connectivity index (χ1n) is 11.7. The topological polar surface area (TPSA) is 67.6 Å². The third-order valence-corrected chi connectivity index (χ3v) is 8.51. The van der Waals surface area contributed by atoms with E-state index in [4.69, 9.17) is 16.0 Å². The predicted octanol–water partition coefficient (Wildman–Crippen LogP) is 7.12. The monoisotopic (exact) mass is 507 g/mol. The highest BCUT2D eigenvalue weighted by molar-refractivity contribution is 7.93. The van der Waals surface area contributed by atoms with Gasteiger partial charge >= 0.3 is 0 Å². The lowest BCUT2D eigenvalue weighted by Crippen LogP contribution is -2.37. The van der Waals surface area contributed by atoms with E-state index >= 15 is 0 Å². The SMILES string of the molecule is CC(C)c1ccc(S(=O)(=O)N(C(=O)c2ccc(Cl)cc2)c2ccc3oc4c(c3c2)CCCC4)cc1. The molecule has 1 aromatic heterocycles. The highest BCUT2D eigenvalue weighted by Gasteiger charge is 2.33. The number of amides is 1. The Bertz CT molecular complexity index is 1500. The molecule has 0 atom stereocenters. The molecule has 0 unspecified atom stereocenters. The lowest BCUT2D eigenvalue weighted by Gasteiger charge is -2.23. The van der Waals surface area contributed by atoms with E-state index in [0.717, 1.165) is 52.3 Å². The van der Waals surface area contributed by atoms with Gasteiger partial charge in [0.2, 0.25) is 0 Å². The first-order valence-corrected chi connectivity index (χ1v) is 13.6. The summed E-state index contributed by atoms with van der Waals surface area (Å²) in [6.45, 7) is 4.08. The molecule has 0 saturated heterocycles. The van der Waals surface area contributed by atoms with Crippen molar-refractivity contribution in [3.8, 4) is 0 Å². The van der Waals surface area contributed by atoms with Gasteiger partial charge in [0, 0.05) is 28.0 Å². The number of furan rings is 1. The summed E-state index contributed by atoms with van der Waals surface area (Å²) >= 11 is 6.01. The van der Waals surface area contributed by atoms with E-state index in [9.17, 15) is 13.2 Å². The van der Waals surface area contributed by atoms with Gasteiger partial charge in [0.1, 0.15) is 11.3 Å². The summed E-state index contributed by atoms with van der Waals surface area (Å²) in [5, 5.41) is 1.32. The Balaban J connectivity index is 1.66. The van der Waals surface area contributed by atoms with Gasteiger partial charge in [-0.2, -0.15) is 4.31 Å². The molecule has 0 fully saturated rings. The lowest BCUT2D eigenvalue weighted by atomic mass is 9.96. The zero-order valence-corrected chi connectivity index (χ0v) is 21.2. The van der Waals surface area contributed by atoms with Gasteiger partial charge in [-0.15, -0.1) is 0 Å². The van der Waals surface area contributed by atoms with Crippen molar-refractivity contribution in [3.05, 3.63) is 94.2 Å². The third-order valence-electron chi connectivity index (χ3n) is 6.53. The predicted molar refractivity (Wildman–Crippen MR) is 139 cm³/mol. The van der Waals surface area contributed by atoms with Crippen LogP contribution in [0.4, 0.5) is 5.69 Å². The normalized spacial score (nSPS) is 13.7. The molecule has 1 aliphatic carbocycles. The van der Waals surface area contributed by atoms with Crippen LogP contribution >= 0.6 is 11.6 Å². The van der Waals surface area contributed by atoms with E-state index in [1.807, 2.05) is 13.8 Å². The second-order valence-electron chi connectivity index (χ2n) is 9.20. The minimum Gasteiger partial charge on any atom is -0.461 e.